The molecule has 0 saturated heterocycles. The number of nitro benzene ring substituents is 1. The molecule has 0 radical (unpaired) electrons. The highest BCUT2D eigenvalue weighted by Crippen LogP contribution is 2.27. The fourth-order valence-electron chi connectivity index (χ4n) is 1.70. The van der Waals surface area contributed by atoms with Crippen molar-refractivity contribution in [3.8, 4) is 5.75 Å². The number of rotatable bonds is 7. The molecule has 0 aromatic heterocycles. The van der Waals surface area contributed by atoms with Crippen LogP contribution < -0.4 is 4.74 Å². The van der Waals surface area contributed by atoms with Crippen molar-refractivity contribution in [3.63, 3.8) is 0 Å². The van der Waals surface area contributed by atoms with Crippen LogP contribution in [0.25, 0.3) is 0 Å². The molecule has 8 nitrogen and oxygen atoms in total. The summed E-state index contributed by atoms with van der Waals surface area (Å²) in [6.07, 6.45) is 0. The van der Waals surface area contributed by atoms with Crippen molar-refractivity contribution in [2.24, 2.45) is 0 Å². The van der Waals surface area contributed by atoms with E-state index in [4.69, 9.17) is 14.9 Å². The molecule has 0 aliphatic rings. The molecular weight excluding hydrogens is 268 g/mol. The highest BCUT2D eigenvalue weighted by molar-refractivity contribution is 5.95. The molecule has 1 amide bonds. The van der Waals surface area contributed by atoms with Crippen LogP contribution in [0.1, 0.15) is 10.4 Å². The average Bonchev–Trinajstić information content (AvgIpc) is 2.45. The van der Waals surface area contributed by atoms with Gasteiger partial charge in [0, 0.05) is 24.7 Å². The number of methoxy groups -OCH3 is 1. The van der Waals surface area contributed by atoms with Crippen LogP contribution in [0.15, 0.2) is 18.2 Å². The number of carbonyl (C=O) groups excluding carboxylic acids is 1. The minimum absolute atomic E-state index is 0.0409. The lowest BCUT2D eigenvalue weighted by Gasteiger charge is -2.20. The van der Waals surface area contributed by atoms with Crippen LogP contribution in [0.5, 0.6) is 5.75 Å². The third-order valence-corrected chi connectivity index (χ3v) is 2.65. The first-order valence-corrected chi connectivity index (χ1v) is 5.88. The summed E-state index contributed by atoms with van der Waals surface area (Å²) in [5.41, 5.74) is -0.217. The zero-order valence-electron chi connectivity index (χ0n) is 11.0. The Hall–Kier alpha value is -2.19. The van der Waals surface area contributed by atoms with Gasteiger partial charge < -0.3 is 19.8 Å². The second kappa shape index (κ2) is 7.41. The average molecular weight is 284 g/mol. The Kier molecular flexibility index (Phi) is 5.88. The van der Waals surface area contributed by atoms with Gasteiger partial charge in [-0.1, -0.05) is 0 Å². The normalized spacial score (nSPS) is 10.2. The van der Waals surface area contributed by atoms with E-state index >= 15 is 0 Å². The Labute approximate surface area is 115 Å². The van der Waals surface area contributed by atoms with Gasteiger partial charge >= 0.3 is 5.69 Å². The number of nitrogens with zero attached hydrogens (tertiary/aromatic N) is 2. The maximum atomic E-state index is 12.1. The fourth-order valence-corrected chi connectivity index (χ4v) is 1.70. The predicted octanol–water partition coefficient (Wildman–Crippen LogP) is 0.0302. The van der Waals surface area contributed by atoms with Gasteiger partial charge in [0.1, 0.15) is 0 Å². The van der Waals surface area contributed by atoms with Crippen LogP contribution in [0.4, 0.5) is 5.69 Å². The van der Waals surface area contributed by atoms with Gasteiger partial charge in [0.05, 0.1) is 25.2 Å². The van der Waals surface area contributed by atoms with E-state index in [0.29, 0.717) is 0 Å². The predicted molar refractivity (Wildman–Crippen MR) is 69.7 cm³/mol. The number of hydrogen-bond acceptors (Lipinski definition) is 6. The van der Waals surface area contributed by atoms with Gasteiger partial charge in [0.25, 0.3) is 5.91 Å². The largest absolute Gasteiger partial charge is 0.490 e. The summed E-state index contributed by atoms with van der Waals surface area (Å²) < 4.78 is 4.85. The molecule has 0 atom stereocenters. The van der Waals surface area contributed by atoms with Crippen molar-refractivity contribution in [2.45, 2.75) is 0 Å². The summed E-state index contributed by atoms with van der Waals surface area (Å²) in [6.45, 7) is -0.438. The number of benzene rings is 1. The second-order valence-corrected chi connectivity index (χ2v) is 3.88. The molecular formula is C12H16N2O6. The molecule has 0 spiro atoms. The monoisotopic (exact) mass is 284 g/mol. The second-order valence-electron chi connectivity index (χ2n) is 3.88. The zero-order valence-corrected chi connectivity index (χ0v) is 11.0. The minimum atomic E-state index is -0.641. The van der Waals surface area contributed by atoms with Crippen molar-refractivity contribution < 1.29 is 24.7 Å². The first kappa shape index (κ1) is 15.9. The molecule has 0 aliphatic carbocycles. The van der Waals surface area contributed by atoms with Crippen LogP contribution in [0, 0.1) is 10.1 Å². The molecule has 1 rings (SSSR count). The van der Waals surface area contributed by atoms with E-state index in [1.165, 1.54) is 24.1 Å². The lowest BCUT2D eigenvalue weighted by atomic mass is 10.1. The summed E-state index contributed by atoms with van der Waals surface area (Å²) in [5.74, 6) is -0.443. The van der Waals surface area contributed by atoms with Gasteiger partial charge in [-0.25, -0.2) is 0 Å². The standard InChI is InChI=1S/C12H16N2O6/c1-20-11-3-2-9(8-10(11)14(18)19)12(17)13(4-6-15)5-7-16/h2-3,8,15-16H,4-7H2,1H3. The summed E-state index contributed by atoms with van der Waals surface area (Å²) in [5, 5.41) is 28.7. The third kappa shape index (κ3) is 3.65. The highest BCUT2D eigenvalue weighted by atomic mass is 16.6. The van der Waals surface area contributed by atoms with Crippen molar-refractivity contribution in [2.75, 3.05) is 33.4 Å². The van der Waals surface area contributed by atoms with E-state index < -0.39 is 10.8 Å². The smallest absolute Gasteiger partial charge is 0.311 e. The molecule has 110 valence electrons. The highest BCUT2D eigenvalue weighted by Gasteiger charge is 2.21. The van der Waals surface area contributed by atoms with Gasteiger partial charge in [0.2, 0.25) is 0 Å². The van der Waals surface area contributed by atoms with E-state index in [2.05, 4.69) is 0 Å². The van der Waals surface area contributed by atoms with Crippen LogP contribution in [-0.4, -0.2) is 59.4 Å². The Morgan fingerprint density at radius 2 is 1.95 bits per heavy atom. The molecule has 1 aromatic carbocycles. The summed E-state index contributed by atoms with van der Waals surface area (Å²) in [6, 6.07) is 3.85. The van der Waals surface area contributed by atoms with Crippen molar-refractivity contribution in [3.05, 3.63) is 33.9 Å². The minimum Gasteiger partial charge on any atom is -0.490 e. The zero-order chi connectivity index (χ0) is 15.1. The fraction of sp³-hybridized carbons (Fsp3) is 0.417. The van der Waals surface area contributed by atoms with Gasteiger partial charge in [0.15, 0.2) is 5.75 Å². The molecule has 1 aromatic rings. The van der Waals surface area contributed by atoms with Crippen LogP contribution >= 0.6 is 0 Å². The van der Waals surface area contributed by atoms with Gasteiger partial charge in [-0.05, 0) is 12.1 Å². The molecule has 0 heterocycles. The lowest BCUT2D eigenvalue weighted by Crippen LogP contribution is -2.35. The number of amides is 1. The van der Waals surface area contributed by atoms with Crippen molar-refractivity contribution in [1.82, 2.24) is 4.90 Å². The van der Waals surface area contributed by atoms with Crippen LogP contribution in [0.2, 0.25) is 0 Å². The Balaban J connectivity index is 3.08. The topological polar surface area (TPSA) is 113 Å². The van der Waals surface area contributed by atoms with Crippen molar-refractivity contribution in [1.29, 1.82) is 0 Å². The first-order valence-electron chi connectivity index (χ1n) is 5.88. The molecule has 0 saturated carbocycles. The number of hydrogen-bond donors (Lipinski definition) is 2. The molecule has 0 fully saturated rings. The number of ether oxygens (including phenoxy) is 1. The van der Waals surface area contributed by atoms with E-state index in [1.54, 1.807) is 0 Å². The van der Waals surface area contributed by atoms with E-state index in [-0.39, 0.29) is 43.3 Å². The Bertz CT molecular complexity index is 485. The molecule has 0 bridgehead atoms. The van der Waals surface area contributed by atoms with Crippen LogP contribution in [-0.2, 0) is 0 Å². The molecule has 2 N–H and O–H groups in total. The molecule has 20 heavy (non-hydrogen) atoms. The van der Waals surface area contributed by atoms with Crippen molar-refractivity contribution >= 4 is 11.6 Å². The number of aliphatic hydroxyl groups excluding tert-OH is 2. The summed E-state index contributed by atoms with van der Waals surface area (Å²) in [4.78, 5) is 23.6. The quantitative estimate of drug-likeness (QED) is 0.539. The van der Waals surface area contributed by atoms with Gasteiger partial charge in [-0.15, -0.1) is 0 Å². The third-order valence-electron chi connectivity index (χ3n) is 2.65. The first-order chi connectivity index (χ1) is 9.54. The van der Waals surface area contributed by atoms with E-state index in [1.807, 2.05) is 0 Å². The summed E-state index contributed by atoms with van der Waals surface area (Å²) in [7, 11) is 1.30. The Morgan fingerprint density at radius 1 is 1.35 bits per heavy atom. The SMILES string of the molecule is COc1ccc(C(=O)N(CCO)CCO)cc1[N+](=O)[O-]. The lowest BCUT2D eigenvalue weighted by molar-refractivity contribution is -0.385. The summed E-state index contributed by atoms with van der Waals surface area (Å²) >= 11 is 0. The van der Waals surface area contributed by atoms with Gasteiger partial charge in [-0.2, -0.15) is 0 Å². The maximum absolute atomic E-state index is 12.1. The van der Waals surface area contributed by atoms with Crippen LogP contribution in [0.3, 0.4) is 0 Å². The number of nitro groups is 1. The molecule has 8 heteroatoms. The Morgan fingerprint density at radius 3 is 2.40 bits per heavy atom. The molecule has 0 unspecified atom stereocenters. The van der Waals surface area contributed by atoms with Gasteiger partial charge in [-0.3, -0.25) is 14.9 Å². The van der Waals surface area contributed by atoms with E-state index in [0.717, 1.165) is 6.07 Å². The number of carbonyl (C=O) groups is 1. The van der Waals surface area contributed by atoms with E-state index in [9.17, 15) is 14.9 Å². The molecule has 0 aliphatic heterocycles. The number of aliphatic hydroxyl groups is 2. The maximum Gasteiger partial charge on any atom is 0.311 e.